The van der Waals surface area contributed by atoms with Crippen molar-refractivity contribution in [3.8, 4) is 11.3 Å². The molecule has 0 bridgehead atoms. The van der Waals surface area contributed by atoms with Crippen molar-refractivity contribution in [2.24, 2.45) is 0 Å². The molecule has 0 aliphatic rings. The van der Waals surface area contributed by atoms with Gasteiger partial charge in [0.1, 0.15) is 0 Å². The second-order valence-electron chi connectivity index (χ2n) is 4.25. The highest BCUT2D eigenvalue weighted by Crippen LogP contribution is 2.19. The minimum atomic E-state index is 0.674. The fraction of sp³-hybridized carbons (Fsp3) is 0.0667. The zero-order valence-electron chi connectivity index (χ0n) is 10.3. The molecule has 0 aliphatic carbocycles. The van der Waals surface area contributed by atoms with Crippen LogP contribution in [-0.2, 0) is 6.54 Å². The second-order valence-corrected chi connectivity index (χ2v) is 4.64. The maximum absolute atomic E-state index is 5.35. The van der Waals surface area contributed by atoms with Crippen LogP contribution in [0.3, 0.4) is 0 Å². The summed E-state index contributed by atoms with van der Waals surface area (Å²) in [6.07, 6.45) is 3.74. The summed E-state index contributed by atoms with van der Waals surface area (Å²) < 4.78 is 2.78. The molecule has 19 heavy (non-hydrogen) atoms. The number of H-pyrrole nitrogens is 1. The molecule has 4 heteroatoms. The van der Waals surface area contributed by atoms with Crippen LogP contribution in [0.5, 0.6) is 0 Å². The predicted molar refractivity (Wildman–Crippen MR) is 78.4 cm³/mol. The van der Waals surface area contributed by atoms with E-state index in [4.69, 9.17) is 12.2 Å². The monoisotopic (exact) mass is 267 g/mol. The number of hydrogen-bond acceptors (Lipinski definition) is 2. The van der Waals surface area contributed by atoms with E-state index in [1.54, 1.807) is 6.20 Å². The Morgan fingerprint density at radius 2 is 1.84 bits per heavy atom. The Morgan fingerprint density at radius 1 is 1.05 bits per heavy atom. The number of rotatable bonds is 3. The van der Waals surface area contributed by atoms with Gasteiger partial charge < -0.3 is 9.55 Å². The van der Waals surface area contributed by atoms with Gasteiger partial charge in [0, 0.05) is 12.4 Å². The fourth-order valence-corrected chi connectivity index (χ4v) is 2.28. The molecule has 2 heterocycles. The topological polar surface area (TPSA) is 33.6 Å². The quantitative estimate of drug-likeness (QED) is 0.735. The molecular weight excluding hydrogens is 254 g/mol. The molecule has 0 fully saturated rings. The van der Waals surface area contributed by atoms with Gasteiger partial charge >= 0.3 is 0 Å². The van der Waals surface area contributed by atoms with Gasteiger partial charge in [0.15, 0.2) is 4.77 Å². The van der Waals surface area contributed by atoms with E-state index in [0.717, 1.165) is 17.0 Å². The van der Waals surface area contributed by atoms with Gasteiger partial charge in [0.05, 0.1) is 17.9 Å². The number of imidazole rings is 1. The average Bonchev–Trinajstić information content (AvgIpc) is 2.82. The first kappa shape index (κ1) is 11.9. The summed E-state index contributed by atoms with van der Waals surface area (Å²) in [5.74, 6) is 0. The van der Waals surface area contributed by atoms with Crippen LogP contribution < -0.4 is 0 Å². The Balaban J connectivity index is 2.03. The number of aromatic amines is 1. The maximum atomic E-state index is 5.35. The van der Waals surface area contributed by atoms with Crippen molar-refractivity contribution >= 4 is 12.2 Å². The molecule has 0 amide bonds. The van der Waals surface area contributed by atoms with Crippen LogP contribution in [0.4, 0.5) is 0 Å². The van der Waals surface area contributed by atoms with Gasteiger partial charge in [-0.3, -0.25) is 4.98 Å². The third-order valence-electron chi connectivity index (χ3n) is 2.98. The average molecular weight is 267 g/mol. The van der Waals surface area contributed by atoms with Gasteiger partial charge in [-0.05, 0) is 29.9 Å². The Labute approximate surface area is 116 Å². The maximum Gasteiger partial charge on any atom is 0.177 e. The molecule has 2 aromatic heterocycles. The van der Waals surface area contributed by atoms with Gasteiger partial charge in [0.25, 0.3) is 0 Å². The first-order chi connectivity index (χ1) is 9.34. The molecule has 0 unspecified atom stereocenters. The van der Waals surface area contributed by atoms with Gasteiger partial charge in [-0.1, -0.05) is 36.4 Å². The number of aromatic nitrogens is 3. The van der Waals surface area contributed by atoms with E-state index in [1.807, 2.05) is 42.6 Å². The molecule has 0 atom stereocenters. The van der Waals surface area contributed by atoms with E-state index in [1.165, 1.54) is 0 Å². The summed E-state index contributed by atoms with van der Waals surface area (Å²) in [4.78, 5) is 7.45. The lowest BCUT2D eigenvalue weighted by molar-refractivity contribution is 0.768. The van der Waals surface area contributed by atoms with E-state index in [9.17, 15) is 0 Å². The van der Waals surface area contributed by atoms with Crippen LogP contribution in [0, 0.1) is 4.77 Å². The number of nitrogens with zero attached hydrogens (tertiary/aromatic N) is 2. The molecule has 3 rings (SSSR count). The van der Waals surface area contributed by atoms with Crippen LogP contribution in [-0.4, -0.2) is 14.5 Å². The Hall–Kier alpha value is -2.20. The van der Waals surface area contributed by atoms with Crippen molar-refractivity contribution in [3.05, 3.63) is 71.4 Å². The first-order valence-corrected chi connectivity index (χ1v) is 6.49. The zero-order chi connectivity index (χ0) is 13.1. The third kappa shape index (κ3) is 2.48. The molecule has 0 saturated heterocycles. The summed E-state index contributed by atoms with van der Waals surface area (Å²) >= 11 is 5.35. The molecule has 3 nitrogen and oxygen atoms in total. The van der Waals surface area contributed by atoms with Crippen molar-refractivity contribution in [2.75, 3.05) is 0 Å². The lowest BCUT2D eigenvalue weighted by Crippen LogP contribution is -2.03. The zero-order valence-corrected chi connectivity index (χ0v) is 11.1. The standard InChI is InChI=1S/C15H13N3S/c19-15-17-10-14(12-6-2-1-3-7-12)18(15)11-13-8-4-5-9-16-13/h1-10H,11H2,(H,17,19). The van der Waals surface area contributed by atoms with E-state index in [-0.39, 0.29) is 0 Å². The van der Waals surface area contributed by atoms with Gasteiger partial charge in [-0.25, -0.2) is 0 Å². The largest absolute Gasteiger partial charge is 0.337 e. The molecule has 1 N–H and O–H groups in total. The van der Waals surface area contributed by atoms with Crippen LogP contribution in [0.15, 0.2) is 60.9 Å². The lowest BCUT2D eigenvalue weighted by atomic mass is 10.2. The van der Waals surface area contributed by atoms with Crippen molar-refractivity contribution in [1.29, 1.82) is 0 Å². The molecule has 1 aromatic carbocycles. The first-order valence-electron chi connectivity index (χ1n) is 6.08. The van der Waals surface area contributed by atoms with E-state index in [2.05, 4.69) is 26.7 Å². The van der Waals surface area contributed by atoms with E-state index < -0.39 is 0 Å². The third-order valence-corrected chi connectivity index (χ3v) is 3.32. The van der Waals surface area contributed by atoms with Crippen LogP contribution in [0.2, 0.25) is 0 Å². The summed E-state index contributed by atoms with van der Waals surface area (Å²) in [7, 11) is 0. The minimum absolute atomic E-state index is 0.674. The smallest absolute Gasteiger partial charge is 0.177 e. The molecule has 94 valence electrons. The highest BCUT2D eigenvalue weighted by molar-refractivity contribution is 7.71. The predicted octanol–water partition coefficient (Wildman–Crippen LogP) is 3.66. The Bertz CT molecular complexity index is 714. The molecule has 3 aromatic rings. The lowest BCUT2D eigenvalue weighted by Gasteiger charge is -2.07. The molecule has 0 saturated carbocycles. The summed E-state index contributed by atoms with van der Waals surface area (Å²) in [6.45, 7) is 0.674. The number of hydrogen-bond donors (Lipinski definition) is 1. The second kappa shape index (κ2) is 5.20. The van der Waals surface area contributed by atoms with Crippen LogP contribution in [0.1, 0.15) is 5.69 Å². The molecule has 0 aliphatic heterocycles. The van der Waals surface area contributed by atoms with Crippen molar-refractivity contribution < 1.29 is 0 Å². The van der Waals surface area contributed by atoms with Gasteiger partial charge in [0.2, 0.25) is 0 Å². The van der Waals surface area contributed by atoms with Gasteiger partial charge in [-0.15, -0.1) is 0 Å². The Morgan fingerprint density at radius 3 is 2.58 bits per heavy atom. The van der Waals surface area contributed by atoms with Crippen molar-refractivity contribution in [1.82, 2.24) is 14.5 Å². The van der Waals surface area contributed by atoms with E-state index in [0.29, 0.717) is 11.3 Å². The number of nitrogens with one attached hydrogen (secondary N) is 1. The SMILES string of the molecule is S=c1[nH]cc(-c2ccccc2)n1Cc1ccccn1. The van der Waals surface area contributed by atoms with Crippen LogP contribution >= 0.6 is 12.2 Å². The van der Waals surface area contributed by atoms with Crippen molar-refractivity contribution in [3.63, 3.8) is 0 Å². The minimum Gasteiger partial charge on any atom is -0.337 e. The molecule has 0 spiro atoms. The Kier molecular flexibility index (Phi) is 3.25. The molecule has 0 radical (unpaired) electrons. The van der Waals surface area contributed by atoms with Gasteiger partial charge in [-0.2, -0.15) is 0 Å². The van der Waals surface area contributed by atoms with Crippen molar-refractivity contribution in [2.45, 2.75) is 6.54 Å². The summed E-state index contributed by atoms with van der Waals surface area (Å²) in [5.41, 5.74) is 3.22. The highest BCUT2D eigenvalue weighted by Gasteiger charge is 2.07. The fourth-order valence-electron chi connectivity index (χ4n) is 2.05. The van der Waals surface area contributed by atoms with Crippen LogP contribution in [0.25, 0.3) is 11.3 Å². The molecular formula is C15H13N3S. The highest BCUT2D eigenvalue weighted by atomic mass is 32.1. The number of pyridine rings is 1. The van der Waals surface area contributed by atoms with E-state index >= 15 is 0 Å². The number of benzene rings is 1. The normalized spacial score (nSPS) is 10.5. The summed E-state index contributed by atoms with van der Waals surface area (Å²) in [6, 6.07) is 16.1. The summed E-state index contributed by atoms with van der Waals surface area (Å²) in [5, 5.41) is 0.